The van der Waals surface area contributed by atoms with Crippen LogP contribution in [0.15, 0.2) is 50.6 Å². The van der Waals surface area contributed by atoms with Crippen molar-refractivity contribution >= 4 is 26.7 Å². The molecule has 8 heteroatoms. The SMILES string of the molecule is CCn1cc(S(=O)(=O)Nc2ccc3oc(=O)ccc3c2)c(C2CC2)n1. The van der Waals surface area contributed by atoms with E-state index in [1.165, 1.54) is 6.07 Å². The van der Waals surface area contributed by atoms with Gasteiger partial charge in [0.2, 0.25) is 0 Å². The summed E-state index contributed by atoms with van der Waals surface area (Å²) in [5.41, 5.74) is 1.02. The molecule has 1 N–H and O–H groups in total. The third kappa shape index (κ3) is 3.05. The first kappa shape index (κ1) is 15.9. The van der Waals surface area contributed by atoms with Crippen LogP contribution >= 0.6 is 0 Å². The minimum Gasteiger partial charge on any atom is -0.423 e. The molecule has 130 valence electrons. The second-order valence-electron chi connectivity index (χ2n) is 6.12. The molecule has 1 aliphatic rings. The summed E-state index contributed by atoms with van der Waals surface area (Å²) in [4.78, 5) is 11.5. The molecule has 0 amide bonds. The average molecular weight is 359 g/mol. The number of fused-ring (bicyclic) bond motifs is 1. The predicted octanol–water partition coefficient (Wildman–Crippen LogP) is 2.69. The number of benzene rings is 1. The molecule has 4 rings (SSSR count). The molecule has 0 saturated heterocycles. The fraction of sp³-hybridized carbons (Fsp3) is 0.294. The molecular weight excluding hydrogens is 342 g/mol. The highest BCUT2D eigenvalue weighted by atomic mass is 32.2. The Morgan fingerprint density at radius 3 is 2.80 bits per heavy atom. The van der Waals surface area contributed by atoms with E-state index in [0.29, 0.717) is 28.9 Å². The van der Waals surface area contributed by atoms with Crippen LogP contribution in [0.25, 0.3) is 11.0 Å². The van der Waals surface area contributed by atoms with Crippen molar-refractivity contribution in [3.63, 3.8) is 0 Å². The lowest BCUT2D eigenvalue weighted by Gasteiger charge is -2.08. The van der Waals surface area contributed by atoms with Crippen molar-refractivity contribution in [3.8, 4) is 0 Å². The lowest BCUT2D eigenvalue weighted by molar-refractivity contribution is 0.561. The van der Waals surface area contributed by atoms with Crippen LogP contribution < -0.4 is 10.3 Å². The van der Waals surface area contributed by atoms with Crippen LogP contribution in [-0.4, -0.2) is 18.2 Å². The van der Waals surface area contributed by atoms with Gasteiger partial charge in [0.05, 0.1) is 5.69 Å². The molecule has 0 aliphatic heterocycles. The van der Waals surface area contributed by atoms with Gasteiger partial charge >= 0.3 is 5.63 Å². The van der Waals surface area contributed by atoms with Crippen LogP contribution in [0.1, 0.15) is 31.4 Å². The van der Waals surface area contributed by atoms with Gasteiger partial charge in [0.25, 0.3) is 10.0 Å². The maximum atomic E-state index is 12.8. The summed E-state index contributed by atoms with van der Waals surface area (Å²) < 4.78 is 35.0. The van der Waals surface area contributed by atoms with E-state index in [-0.39, 0.29) is 10.8 Å². The maximum absolute atomic E-state index is 12.8. The van der Waals surface area contributed by atoms with E-state index in [2.05, 4.69) is 9.82 Å². The molecule has 0 radical (unpaired) electrons. The molecule has 25 heavy (non-hydrogen) atoms. The highest BCUT2D eigenvalue weighted by molar-refractivity contribution is 7.92. The van der Waals surface area contributed by atoms with Crippen LogP contribution in [0, 0.1) is 0 Å². The standard InChI is InChI=1S/C17H17N3O4S/c1-2-20-10-15(17(18-20)11-3-4-11)25(22,23)19-13-6-7-14-12(9-13)5-8-16(21)24-14/h5-11,19H,2-4H2,1H3. The van der Waals surface area contributed by atoms with E-state index in [1.807, 2.05) is 6.92 Å². The number of hydrogen-bond acceptors (Lipinski definition) is 5. The number of sulfonamides is 1. The van der Waals surface area contributed by atoms with Crippen molar-refractivity contribution in [3.05, 3.63) is 52.6 Å². The van der Waals surface area contributed by atoms with Gasteiger partial charge in [-0.15, -0.1) is 0 Å². The first-order chi connectivity index (χ1) is 12.0. The molecule has 1 saturated carbocycles. The molecule has 1 fully saturated rings. The third-order valence-electron chi connectivity index (χ3n) is 4.20. The molecule has 0 atom stereocenters. The van der Waals surface area contributed by atoms with E-state index in [0.717, 1.165) is 12.8 Å². The Labute approximate surface area is 144 Å². The van der Waals surface area contributed by atoms with Crippen LogP contribution in [0.5, 0.6) is 0 Å². The van der Waals surface area contributed by atoms with Gasteiger partial charge in [-0.3, -0.25) is 9.40 Å². The molecule has 3 aromatic rings. The van der Waals surface area contributed by atoms with Crippen LogP contribution in [0.3, 0.4) is 0 Å². The Morgan fingerprint density at radius 2 is 2.08 bits per heavy atom. The van der Waals surface area contributed by atoms with Gasteiger partial charge in [0, 0.05) is 35.8 Å². The summed E-state index contributed by atoms with van der Waals surface area (Å²) in [5.74, 6) is 0.227. The monoisotopic (exact) mass is 359 g/mol. The second-order valence-corrected chi connectivity index (χ2v) is 7.77. The number of aryl methyl sites for hydroxylation is 1. The van der Waals surface area contributed by atoms with E-state index in [4.69, 9.17) is 4.42 Å². The van der Waals surface area contributed by atoms with E-state index in [9.17, 15) is 13.2 Å². The first-order valence-electron chi connectivity index (χ1n) is 8.10. The zero-order valence-corrected chi connectivity index (χ0v) is 14.4. The quantitative estimate of drug-likeness (QED) is 0.707. The maximum Gasteiger partial charge on any atom is 0.336 e. The number of rotatable bonds is 5. The largest absolute Gasteiger partial charge is 0.423 e. The second kappa shape index (κ2) is 5.73. The smallest absolute Gasteiger partial charge is 0.336 e. The minimum atomic E-state index is -3.74. The Kier molecular flexibility index (Phi) is 3.64. The van der Waals surface area contributed by atoms with Crippen molar-refractivity contribution < 1.29 is 12.8 Å². The summed E-state index contributed by atoms with van der Waals surface area (Å²) in [5, 5.41) is 5.05. The Bertz CT molecular complexity index is 1110. The van der Waals surface area contributed by atoms with Crippen molar-refractivity contribution in [1.29, 1.82) is 0 Å². The average Bonchev–Trinajstić information content (AvgIpc) is 3.33. The Hall–Kier alpha value is -2.61. The number of nitrogens with one attached hydrogen (secondary N) is 1. The fourth-order valence-corrected chi connectivity index (χ4v) is 4.06. The van der Waals surface area contributed by atoms with Gasteiger partial charge in [0.15, 0.2) is 0 Å². The molecule has 0 unspecified atom stereocenters. The summed E-state index contributed by atoms with van der Waals surface area (Å²) in [6.45, 7) is 2.54. The molecule has 2 heterocycles. The number of nitrogens with zero attached hydrogens (tertiary/aromatic N) is 2. The van der Waals surface area contributed by atoms with Gasteiger partial charge in [0.1, 0.15) is 10.5 Å². The molecule has 1 aromatic carbocycles. The number of anilines is 1. The third-order valence-corrected chi connectivity index (χ3v) is 5.60. The van der Waals surface area contributed by atoms with Gasteiger partial charge in [-0.05, 0) is 44.0 Å². The van der Waals surface area contributed by atoms with Crippen molar-refractivity contribution in [1.82, 2.24) is 9.78 Å². The Balaban J connectivity index is 1.71. The lowest BCUT2D eigenvalue weighted by atomic mass is 10.2. The molecule has 1 aliphatic carbocycles. The van der Waals surface area contributed by atoms with Gasteiger partial charge in [-0.1, -0.05) is 0 Å². The summed E-state index contributed by atoms with van der Waals surface area (Å²) in [6, 6.07) is 7.69. The normalized spacial score (nSPS) is 14.8. The predicted molar refractivity (Wildman–Crippen MR) is 93.2 cm³/mol. The van der Waals surface area contributed by atoms with Crippen molar-refractivity contribution in [2.24, 2.45) is 0 Å². The molecule has 0 bridgehead atoms. The van der Waals surface area contributed by atoms with Crippen LogP contribution in [0.2, 0.25) is 0 Å². The molecular formula is C17H17N3O4S. The Morgan fingerprint density at radius 1 is 1.28 bits per heavy atom. The van der Waals surface area contributed by atoms with Gasteiger partial charge < -0.3 is 4.42 Å². The zero-order chi connectivity index (χ0) is 17.6. The van der Waals surface area contributed by atoms with Gasteiger partial charge in [-0.2, -0.15) is 5.10 Å². The van der Waals surface area contributed by atoms with Crippen molar-refractivity contribution in [2.45, 2.75) is 37.1 Å². The minimum absolute atomic E-state index is 0.227. The van der Waals surface area contributed by atoms with E-state index in [1.54, 1.807) is 35.1 Å². The van der Waals surface area contributed by atoms with Crippen LogP contribution in [-0.2, 0) is 16.6 Å². The van der Waals surface area contributed by atoms with Gasteiger partial charge in [-0.25, -0.2) is 13.2 Å². The molecule has 0 spiro atoms. The summed E-state index contributed by atoms with van der Waals surface area (Å²) >= 11 is 0. The van der Waals surface area contributed by atoms with E-state index >= 15 is 0 Å². The number of aromatic nitrogens is 2. The molecule has 7 nitrogen and oxygen atoms in total. The highest BCUT2D eigenvalue weighted by Crippen LogP contribution is 2.42. The lowest BCUT2D eigenvalue weighted by Crippen LogP contribution is -2.14. The van der Waals surface area contributed by atoms with E-state index < -0.39 is 15.6 Å². The summed E-state index contributed by atoms with van der Waals surface area (Å²) in [7, 11) is -3.74. The van der Waals surface area contributed by atoms with Crippen LogP contribution in [0.4, 0.5) is 5.69 Å². The topological polar surface area (TPSA) is 94.2 Å². The zero-order valence-electron chi connectivity index (χ0n) is 13.6. The first-order valence-corrected chi connectivity index (χ1v) is 9.58. The summed E-state index contributed by atoms with van der Waals surface area (Å²) in [6.07, 6.45) is 3.52. The highest BCUT2D eigenvalue weighted by Gasteiger charge is 2.34. The number of hydrogen-bond donors (Lipinski definition) is 1. The fourth-order valence-electron chi connectivity index (χ4n) is 2.77. The van der Waals surface area contributed by atoms with Crippen molar-refractivity contribution in [2.75, 3.05) is 4.72 Å². The molecule has 2 aromatic heterocycles.